The zero-order valence-corrected chi connectivity index (χ0v) is 13.2. The second-order valence-electron chi connectivity index (χ2n) is 4.62. The summed E-state index contributed by atoms with van der Waals surface area (Å²) in [6, 6.07) is 0. The SMILES string of the molecule is Cc1ncsc1Cn1c(SCC(=O)O)nnc1C(C)C. The van der Waals surface area contributed by atoms with Crippen molar-refractivity contribution in [3.8, 4) is 0 Å². The van der Waals surface area contributed by atoms with Gasteiger partial charge in [0.15, 0.2) is 5.16 Å². The number of rotatable bonds is 6. The van der Waals surface area contributed by atoms with Gasteiger partial charge in [-0.15, -0.1) is 21.5 Å². The minimum atomic E-state index is -0.857. The molecule has 0 aliphatic carbocycles. The molecule has 8 heteroatoms. The molecule has 0 radical (unpaired) electrons. The Hall–Kier alpha value is -1.41. The predicted octanol–water partition coefficient (Wildman–Crippen LogP) is 2.39. The Morgan fingerprint density at radius 1 is 1.50 bits per heavy atom. The van der Waals surface area contributed by atoms with Crippen LogP contribution in [0.2, 0.25) is 0 Å². The fraction of sp³-hybridized carbons (Fsp3) is 0.500. The average molecular weight is 312 g/mol. The van der Waals surface area contributed by atoms with Gasteiger partial charge in [-0.25, -0.2) is 4.98 Å². The summed E-state index contributed by atoms with van der Waals surface area (Å²) < 4.78 is 1.98. The summed E-state index contributed by atoms with van der Waals surface area (Å²) in [6.07, 6.45) is 0. The van der Waals surface area contributed by atoms with Gasteiger partial charge < -0.3 is 9.67 Å². The molecule has 0 amide bonds. The maximum Gasteiger partial charge on any atom is 0.313 e. The molecule has 108 valence electrons. The maximum absolute atomic E-state index is 10.7. The Morgan fingerprint density at radius 3 is 2.80 bits per heavy atom. The van der Waals surface area contributed by atoms with Crippen molar-refractivity contribution in [2.24, 2.45) is 0 Å². The molecule has 0 fully saturated rings. The number of hydrogen-bond donors (Lipinski definition) is 1. The van der Waals surface area contributed by atoms with E-state index in [-0.39, 0.29) is 11.7 Å². The molecule has 0 saturated heterocycles. The summed E-state index contributed by atoms with van der Waals surface area (Å²) in [5.74, 6) is 0.225. The molecule has 0 unspecified atom stereocenters. The van der Waals surface area contributed by atoms with Crippen molar-refractivity contribution < 1.29 is 9.90 Å². The number of thiazole rings is 1. The summed E-state index contributed by atoms with van der Waals surface area (Å²) in [6.45, 7) is 6.70. The van der Waals surface area contributed by atoms with Crippen LogP contribution in [0.1, 0.15) is 36.2 Å². The lowest BCUT2D eigenvalue weighted by molar-refractivity contribution is -0.133. The first kappa shape index (κ1) is 15.0. The summed E-state index contributed by atoms with van der Waals surface area (Å²) in [4.78, 5) is 16.1. The fourth-order valence-electron chi connectivity index (χ4n) is 1.73. The quantitative estimate of drug-likeness (QED) is 0.825. The standard InChI is InChI=1S/C12H16N4O2S2/c1-7(2)11-14-15-12(19-5-10(17)18)16(11)4-9-8(3)13-6-20-9/h6-7H,4-5H2,1-3H3,(H,17,18). The molecule has 0 aliphatic heterocycles. The number of aryl methyl sites for hydroxylation is 1. The van der Waals surface area contributed by atoms with Gasteiger partial charge in [-0.3, -0.25) is 4.79 Å². The van der Waals surface area contributed by atoms with Gasteiger partial charge in [0.25, 0.3) is 0 Å². The Morgan fingerprint density at radius 2 is 2.25 bits per heavy atom. The van der Waals surface area contributed by atoms with E-state index in [1.165, 1.54) is 11.8 Å². The number of carboxylic acids is 1. The van der Waals surface area contributed by atoms with E-state index >= 15 is 0 Å². The Balaban J connectivity index is 2.29. The molecular formula is C12H16N4O2S2. The molecule has 2 aromatic heterocycles. The molecule has 0 saturated carbocycles. The third-order valence-electron chi connectivity index (χ3n) is 2.73. The molecule has 1 N–H and O–H groups in total. The summed E-state index contributed by atoms with van der Waals surface area (Å²) >= 11 is 2.78. The number of nitrogens with zero attached hydrogens (tertiary/aromatic N) is 4. The fourth-order valence-corrected chi connectivity index (χ4v) is 3.16. The highest BCUT2D eigenvalue weighted by Gasteiger charge is 2.17. The van der Waals surface area contributed by atoms with E-state index in [9.17, 15) is 4.79 Å². The molecule has 0 atom stereocenters. The molecular weight excluding hydrogens is 296 g/mol. The second kappa shape index (κ2) is 6.36. The highest BCUT2D eigenvalue weighted by atomic mass is 32.2. The topological polar surface area (TPSA) is 80.9 Å². The number of aromatic nitrogens is 4. The molecule has 2 aromatic rings. The maximum atomic E-state index is 10.7. The first-order valence-corrected chi connectivity index (χ1v) is 8.02. The van der Waals surface area contributed by atoms with Crippen molar-refractivity contribution in [2.45, 2.75) is 38.4 Å². The molecule has 0 aliphatic rings. The smallest absolute Gasteiger partial charge is 0.313 e. The van der Waals surface area contributed by atoms with Gasteiger partial charge in [-0.05, 0) is 6.92 Å². The minimum Gasteiger partial charge on any atom is -0.481 e. The number of carboxylic acid groups (broad SMARTS) is 1. The van der Waals surface area contributed by atoms with E-state index < -0.39 is 5.97 Å². The van der Waals surface area contributed by atoms with Crippen molar-refractivity contribution in [1.82, 2.24) is 19.7 Å². The molecule has 20 heavy (non-hydrogen) atoms. The van der Waals surface area contributed by atoms with Crippen LogP contribution in [0.15, 0.2) is 10.7 Å². The first-order valence-electron chi connectivity index (χ1n) is 6.15. The van der Waals surface area contributed by atoms with Crippen molar-refractivity contribution in [3.63, 3.8) is 0 Å². The zero-order chi connectivity index (χ0) is 14.7. The number of hydrogen-bond acceptors (Lipinski definition) is 6. The van der Waals surface area contributed by atoms with E-state index in [2.05, 4.69) is 15.2 Å². The first-order chi connectivity index (χ1) is 9.49. The zero-order valence-electron chi connectivity index (χ0n) is 11.5. The Labute approximate surface area is 125 Å². The van der Waals surface area contributed by atoms with E-state index in [4.69, 9.17) is 5.11 Å². The van der Waals surface area contributed by atoms with Crippen LogP contribution in [-0.4, -0.2) is 36.6 Å². The van der Waals surface area contributed by atoms with Gasteiger partial charge in [-0.1, -0.05) is 25.6 Å². The third-order valence-corrected chi connectivity index (χ3v) is 4.60. The number of thioether (sulfide) groups is 1. The molecule has 2 heterocycles. The van der Waals surface area contributed by atoms with Gasteiger partial charge >= 0.3 is 5.97 Å². The lowest BCUT2D eigenvalue weighted by Crippen LogP contribution is -2.09. The normalized spacial score (nSPS) is 11.2. The van der Waals surface area contributed by atoms with Crippen molar-refractivity contribution in [1.29, 1.82) is 0 Å². The van der Waals surface area contributed by atoms with Gasteiger partial charge in [0.1, 0.15) is 5.82 Å². The minimum absolute atomic E-state index is 0.0160. The van der Waals surface area contributed by atoms with Gasteiger partial charge in [0, 0.05) is 10.8 Å². The van der Waals surface area contributed by atoms with Crippen molar-refractivity contribution >= 4 is 29.1 Å². The average Bonchev–Trinajstić information content (AvgIpc) is 2.95. The highest BCUT2D eigenvalue weighted by molar-refractivity contribution is 7.99. The van der Waals surface area contributed by atoms with Gasteiger partial charge in [0.2, 0.25) is 0 Å². The Bertz CT molecular complexity index is 606. The van der Waals surface area contributed by atoms with Gasteiger partial charge in [0.05, 0.1) is 23.5 Å². The number of aliphatic carboxylic acids is 1. The summed E-state index contributed by atoms with van der Waals surface area (Å²) in [5.41, 5.74) is 2.81. The molecule has 6 nitrogen and oxygen atoms in total. The predicted molar refractivity (Wildman–Crippen MR) is 78.4 cm³/mol. The molecule has 0 aromatic carbocycles. The molecule has 0 bridgehead atoms. The van der Waals surface area contributed by atoms with E-state index in [1.54, 1.807) is 11.3 Å². The van der Waals surface area contributed by atoms with Crippen LogP contribution in [0.25, 0.3) is 0 Å². The van der Waals surface area contributed by atoms with E-state index in [0.29, 0.717) is 11.7 Å². The van der Waals surface area contributed by atoms with Crippen molar-refractivity contribution in [2.75, 3.05) is 5.75 Å². The summed E-state index contributed by atoms with van der Waals surface area (Å²) in [5, 5.41) is 17.7. The third kappa shape index (κ3) is 3.37. The van der Waals surface area contributed by atoms with Crippen LogP contribution < -0.4 is 0 Å². The highest BCUT2D eigenvalue weighted by Crippen LogP contribution is 2.24. The number of carbonyl (C=O) groups is 1. The lowest BCUT2D eigenvalue weighted by Gasteiger charge is -2.10. The Kier molecular flexibility index (Phi) is 4.77. The lowest BCUT2D eigenvalue weighted by atomic mass is 10.2. The largest absolute Gasteiger partial charge is 0.481 e. The van der Waals surface area contributed by atoms with E-state index in [0.717, 1.165) is 16.4 Å². The van der Waals surface area contributed by atoms with Crippen molar-refractivity contribution in [3.05, 3.63) is 21.9 Å². The van der Waals surface area contributed by atoms with Crippen LogP contribution in [0, 0.1) is 6.92 Å². The van der Waals surface area contributed by atoms with Gasteiger partial charge in [-0.2, -0.15) is 0 Å². The summed E-state index contributed by atoms with van der Waals surface area (Å²) in [7, 11) is 0. The van der Waals surface area contributed by atoms with Crippen LogP contribution in [-0.2, 0) is 11.3 Å². The monoisotopic (exact) mass is 312 g/mol. The van der Waals surface area contributed by atoms with Crippen LogP contribution in [0.3, 0.4) is 0 Å². The second-order valence-corrected chi connectivity index (χ2v) is 6.51. The molecule has 0 spiro atoms. The van der Waals surface area contributed by atoms with Crippen LogP contribution in [0.5, 0.6) is 0 Å². The van der Waals surface area contributed by atoms with E-state index in [1.807, 2.05) is 30.8 Å². The van der Waals surface area contributed by atoms with Crippen LogP contribution in [0.4, 0.5) is 0 Å². The molecule has 2 rings (SSSR count). The van der Waals surface area contributed by atoms with Crippen LogP contribution >= 0.6 is 23.1 Å².